The Kier molecular flexibility index (Phi) is 20.9. The highest BCUT2D eigenvalue weighted by Crippen LogP contribution is 2.11. The lowest BCUT2D eigenvalue weighted by atomic mass is 9.94. The van der Waals surface area contributed by atoms with Gasteiger partial charge in [0.25, 0.3) is 0 Å². The van der Waals surface area contributed by atoms with Crippen molar-refractivity contribution in [3.05, 3.63) is 0 Å². The molecule has 12 nitrogen and oxygen atoms in total. The summed E-state index contributed by atoms with van der Waals surface area (Å²) in [5.41, 5.74) is 0. The molecule has 0 fully saturated rings. The summed E-state index contributed by atoms with van der Waals surface area (Å²) in [5, 5.41) is 32.5. The molecule has 0 unspecified atom stereocenters. The largest absolute Gasteiger partial charge is 0.481 e. The van der Waals surface area contributed by atoms with Crippen LogP contribution in [-0.4, -0.2) is 67.4 Å². The number of carboxylic acid groups (broad SMARTS) is 4. The highest BCUT2D eigenvalue weighted by atomic mass is 16.4. The first-order valence-electron chi connectivity index (χ1n) is 10.4. The molecular weight excluding hydrogens is 456 g/mol. The standard InChI is InChI=1S/2C9H14O4.C4H6O4/c2*1-6(10)8(7(2)11)4-3-5-9(12)13;5-3(6)1-2-4(7)8/h2*8H,3-5H2,1-2H3,(H,12,13);1-2H2,(H,5,6)(H,7,8). The number of aliphatic carboxylic acids is 4. The fraction of sp³-hybridized carbons (Fsp3) is 0.636. The summed E-state index contributed by atoms with van der Waals surface area (Å²) in [6.45, 7) is 5.42. The summed E-state index contributed by atoms with van der Waals surface area (Å²) in [4.78, 5) is 83.2. The molecule has 0 amide bonds. The minimum Gasteiger partial charge on any atom is -0.481 e. The van der Waals surface area contributed by atoms with Gasteiger partial charge < -0.3 is 20.4 Å². The lowest BCUT2D eigenvalue weighted by molar-refractivity contribution is -0.143. The Bertz CT molecular complexity index is 648. The molecule has 0 aliphatic carbocycles. The number of carbonyl (C=O) groups excluding carboxylic acids is 4. The van der Waals surface area contributed by atoms with Crippen molar-refractivity contribution < 1.29 is 58.8 Å². The normalized spacial score (nSPS) is 9.71. The van der Waals surface area contributed by atoms with Gasteiger partial charge in [0.15, 0.2) is 0 Å². The van der Waals surface area contributed by atoms with Gasteiger partial charge in [0.1, 0.15) is 23.1 Å². The zero-order chi connectivity index (χ0) is 27.4. The van der Waals surface area contributed by atoms with Gasteiger partial charge in [-0.1, -0.05) is 0 Å². The van der Waals surface area contributed by atoms with E-state index >= 15 is 0 Å². The van der Waals surface area contributed by atoms with Crippen LogP contribution in [0.25, 0.3) is 0 Å². The molecule has 12 heteroatoms. The monoisotopic (exact) mass is 490 g/mol. The zero-order valence-corrected chi connectivity index (χ0v) is 19.9. The molecule has 0 saturated carbocycles. The van der Waals surface area contributed by atoms with E-state index in [-0.39, 0.29) is 48.8 Å². The first-order valence-corrected chi connectivity index (χ1v) is 10.4. The van der Waals surface area contributed by atoms with Gasteiger partial charge >= 0.3 is 23.9 Å². The van der Waals surface area contributed by atoms with Crippen molar-refractivity contribution in [1.82, 2.24) is 0 Å². The average molecular weight is 491 g/mol. The quantitative estimate of drug-likeness (QED) is 0.242. The van der Waals surface area contributed by atoms with E-state index < -0.39 is 35.7 Å². The summed E-state index contributed by atoms with van der Waals surface area (Å²) < 4.78 is 0. The molecule has 0 aliphatic heterocycles. The molecule has 0 aromatic rings. The van der Waals surface area contributed by atoms with Crippen molar-refractivity contribution in [3.63, 3.8) is 0 Å². The van der Waals surface area contributed by atoms with Crippen LogP contribution < -0.4 is 0 Å². The Morgan fingerprint density at radius 2 is 0.647 bits per heavy atom. The second kappa shape index (κ2) is 20.2. The van der Waals surface area contributed by atoms with Gasteiger partial charge in [0.2, 0.25) is 0 Å². The molecule has 34 heavy (non-hydrogen) atoms. The molecular formula is C22H34O12. The zero-order valence-electron chi connectivity index (χ0n) is 19.9. The SMILES string of the molecule is CC(=O)C(CCCC(=O)O)C(C)=O.CC(=O)C(CCCC(=O)O)C(C)=O.O=C(O)CCC(=O)O. The van der Waals surface area contributed by atoms with E-state index in [4.69, 9.17) is 20.4 Å². The molecule has 0 spiro atoms. The smallest absolute Gasteiger partial charge is 0.303 e. The fourth-order valence-corrected chi connectivity index (χ4v) is 2.51. The molecule has 0 saturated heterocycles. The summed E-state index contributed by atoms with van der Waals surface area (Å²) in [6.07, 6.45) is 0.866. The van der Waals surface area contributed by atoms with Crippen molar-refractivity contribution in [2.75, 3.05) is 0 Å². The number of rotatable bonds is 15. The third-order valence-electron chi connectivity index (χ3n) is 4.28. The second-order valence-electron chi connectivity index (χ2n) is 7.41. The van der Waals surface area contributed by atoms with Gasteiger partial charge in [-0.2, -0.15) is 0 Å². The average Bonchev–Trinajstić information content (AvgIpc) is 2.66. The van der Waals surface area contributed by atoms with Crippen LogP contribution in [0.3, 0.4) is 0 Å². The van der Waals surface area contributed by atoms with Crippen molar-refractivity contribution in [2.24, 2.45) is 11.8 Å². The lowest BCUT2D eigenvalue weighted by Crippen LogP contribution is -2.19. The number of hydrogen-bond acceptors (Lipinski definition) is 8. The van der Waals surface area contributed by atoms with Crippen LogP contribution in [0.1, 0.15) is 79.1 Å². The lowest BCUT2D eigenvalue weighted by Gasteiger charge is -2.07. The summed E-state index contributed by atoms with van der Waals surface area (Å²) in [6, 6.07) is 0. The van der Waals surface area contributed by atoms with Crippen molar-refractivity contribution in [3.8, 4) is 0 Å². The number of hydrogen-bond donors (Lipinski definition) is 4. The first-order chi connectivity index (χ1) is 15.5. The van der Waals surface area contributed by atoms with Gasteiger partial charge in [-0.15, -0.1) is 0 Å². The van der Waals surface area contributed by atoms with E-state index in [0.29, 0.717) is 25.7 Å². The number of Topliss-reactive ketones (excluding diaryl/α,β-unsaturated/α-hetero) is 4. The van der Waals surface area contributed by atoms with Crippen LogP contribution in [0.5, 0.6) is 0 Å². The number of ketones is 4. The molecule has 0 bridgehead atoms. The van der Waals surface area contributed by atoms with E-state index in [1.165, 1.54) is 27.7 Å². The molecule has 0 radical (unpaired) electrons. The van der Waals surface area contributed by atoms with Gasteiger partial charge in [-0.3, -0.25) is 38.4 Å². The van der Waals surface area contributed by atoms with Gasteiger partial charge in [-0.05, 0) is 53.4 Å². The van der Waals surface area contributed by atoms with Gasteiger partial charge in [0, 0.05) is 12.8 Å². The van der Waals surface area contributed by atoms with Crippen LogP contribution >= 0.6 is 0 Å². The Morgan fingerprint density at radius 3 is 0.794 bits per heavy atom. The molecule has 0 aliphatic rings. The maximum atomic E-state index is 10.9. The third kappa shape index (κ3) is 24.8. The van der Waals surface area contributed by atoms with E-state index in [2.05, 4.69) is 0 Å². The number of carboxylic acids is 4. The van der Waals surface area contributed by atoms with Gasteiger partial charge in [0.05, 0.1) is 24.7 Å². The minimum absolute atomic E-state index is 0.0110. The van der Waals surface area contributed by atoms with Crippen LogP contribution in [0.15, 0.2) is 0 Å². The maximum Gasteiger partial charge on any atom is 0.303 e. The Morgan fingerprint density at radius 1 is 0.441 bits per heavy atom. The highest BCUT2D eigenvalue weighted by Gasteiger charge is 2.19. The Labute approximate surface area is 197 Å². The predicted molar refractivity (Wildman–Crippen MR) is 117 cm³/mol. The fourth-order valence-electron chi connectivity index (χ4n) is 2.51. The van der Waals surface area contributed by atoms with Crippen molar-refractivity contribution in [1.29, 1.82) is 0 Å². The molecule has 0 heterocycles. The predicted octanol–water partition coefficient (Wildman–Crippen LogP) is 2.01. The minimum atomic E-state index is -1.08. The molecule has 4 N–H and O–H groups in total. The molecule has 0 atom stereocenters. The summed E-state index contributed by atoms with van der Waals surface area (Å²) >= 11 is 0. The van der Waals surface area contributed by atoms with E-state index in [1.54, 1.807) is 0 Å². The van der Waals surface area contributed by atoms with E-state index in [1.807, 2.05) is 0 Å². The van der Waals surface area contributed by atoms with Crippen LogP contribution in [-0.2, 0) is 38.4 Å². The topological polar surface area (TPSA) is 217 Å². The summed E-state index contributed by atoms with van der Waals surface area (Å²) in [5.74, 6) is -5.90. The van der Waals surface area contributed by atoms with Crippen LogP contribution in [0.4, 0.5) is 0 Å². The van der Waals surface area contributed by atoms with Crippen LogP contribution in [0, 0.1) is 11.8 Å². The second-order valence-corrected chi connectivity index (χ2v) is 7.41. The van der Waals surface area contributed by atoms with Crippen molar-refractivity contribution in [2.45, 2.75) is 79.1 Å². The maximum absolute atomic E-state index is 10.9. The molecule has 194 valence electrons. The molecule has 0 aromatic heterocycles. The van der Waals surface area contributed by atoms with Crippen molar-refractivity contribution >= 4 is 47.0 Å². The first kappa shape index (κ1) is 35.2. The third-order valence-corrected chi connectivity index (χ3v) is 4.28. The Balaban J connectivity index is -0.000000438. The van der Waals surface area contributed by atoms with E-state index in [9.17, 15) is 38.4 Å². The highest BCUT2D eigenvalue weighted by molar-refractivity contribution is 6.00. The molecule has 0 rings (SSSR count). The summed E-state index contributed by atoms with van der Waals surface area (Å²) in [7, 11) is 0. The number of carbonyl (C=O) groups is 8. The Hall–Kier alpha value is -3.44. The van der Waals surface area contributed by atoms with Gasteiger partial charge in [-0.25, -0.2) is 0 Å². The van der Waals surface area contributed by atoms with E-state index in [0.717, 1.165) is 0 Å². The molecule has 0 aromatic carbocycles. The van der Waals surface area contributed by atoms with Crippen LogP contribution in [0.2, 0.25) is 0 Å².